The molecule has 0 bridgehead atoms. The second-order valence-corrected chi connectivity index (χ2v) is 5.24. The van der Waals surface area contributed by atoms with Crippen LogP contribution in [-0.2, 0) is 0 Å². The maximum atomic E-state index is 13.0. The van der Waals surface area contributed by atoms with Gasteiger partial charge in [0.25, 0.3) is 0 Å². The molecule has 3 aromatic carbocycles. The number of fused-ring (bicyclic) bond motifs is 1. The molecule has 0 amide bonds. The van der Waals surface area contributed by atoms with E-state index >= 15 is 0 Å². The predicted octanol–water partition coefficient (Wildman–Crippen LogP) is 5.14. The molecule has 0 saturated heterocycles. The van der Waals surface area contributed by atoms with Crippen molar-refractivity contribution < 1.29 is 9.18 Å². The van der Waals surface area contributed by atoms with Crippen LogP contribution in [0.15, 0.2) is 66.7 Å². The Morgan fingerprint density at radius 2 is 1.57 bits per heavy atom. The molecule has 1 atom stereocenters. The zero-order chi connectivity index (χ0) is 14.8. The molecule has 104 valence electrons. The highest BCUT2D eigenvalue weighted by Gasteiger charge is 2.21. The molecule has 0 spiro atoms. The third kappa shape index (κ3) is 2.67. The first-order valence-electron chi connectivity index (χ1n) is 6.58. The Morgan fingerprint density at radius 3 is 2.33 bits per heavy atom. The summed E-state index contributed by atoms with van der Waals surface area (Å²) in [4.78, 5) is 12.6. The number of halogens is 2. The maximum absolute atomic E-state index is 13.0. The minimum Gasteiger partial charge on any atom is -0.292 e. The van der Waals surface area contributed by atoms with Crippen molar-refractivity contribution in [2.45, 2.75) is 5.38 Å². The molecule has 1 nitrogen and oxygen atoms in total. The average Bonchev–Trinajstić information content (AvgIpc) is 2.53. The van der Waals surface area contributed by atoms with Crippen molar-refractivity contribution in [2.24, 2.45) is 0 Å². The summed E-state index contributed by atoms with van der Waals surface area (Å²) in [6.07, 6.45) is 0. The van der Waals surface area contributed by atoms with E-state index in [1.54, 1.807) is 6.07 Å². The van der Waals surface area contributed by atoms with E-state index in [1.165, 1.54) is 24.3 Å². The molecule has 0 saturated carbocycles. The quantitative estimate of drug-likeness (QED) is 0.483. The molecule has 3 heteroatoms. The molecule has 0 N–H and O–H groups in total. The lowest BCUT2D eigenvalue weighted by Gasteiger charge is -2.11. The van der Waals surface area contributed by atoms with Gasteiger partial charge in [-0.3, -0.25) is 4.79 Å². The first-order chi connectivity index (χ1) is 10.2. The van der Waals surface area contributed by atoms with Crippen molar-refractivity contribution in [3.05, 3.63) is 83.7 Å². The fourth-order valence-electron chi connectivity index (χ4n) is 2.36. The van der Waals surface area contributed by atoms with Gasteiger partial charge in [-0.05, 0) is 28.5 Å². The van der Waals surface area contributed by atoms with E-state index in [9.17, 15) is 9.18 Å². The first-order valence-corrected chi connectivity index (χ1v) is 7.02. The Hall–Kier alpha value is -2.19. The number of hydrogen-bond acceptors (Lipinski definition) is 1. The highest BCUT2D eigenvalue weighted by molar-refractivity contribution is 6.35. The number of carbonyl (C=O) groups is 1. The van der Waals surface area contributed by atoms with Crippen molar-refractivity contribution >= 4 is 28.2 Å². The number of ketones is 1. The highest BCUT2D eigenvalue weighted by Crippen LogP contribution is 2.28. The SMILES string of the molecule is O=C(c1cccc2ccccc12)C(Cl)c1ccc(F)cc1. The Bertz CT molecular complexity index is 790. The topological polar surface area (TPSA) is 17.1 Å². The molecule has 3 rings (SSSR count). The van der Waals surface area contributed by atoms with Crippen LogP contribution in [0.2, 0.25) is 0 Å². The second kappa shape index (κ2) is 5.66. The van der Waals surface area contributed by atoms with Crippen LogP contribution in [0.4, 0.5) is 4.39 Å². The van der Waals surface area contributed by atoms with E-state index in [1.807, 2.05) is 36.4 Å². The van der Waals surface area contributed by atoms with E-state index in [2.05, 4.69) is 0 Å². The number of rotatable bonds is 3. The van der Waals surface area contributed by atoms with Gasteiger partial charge in [-0.2, -0.15) is 0 Å². The van der Waals surface area contributed by atoms with Gasteiger partial charge in [0.15, 0.2) is 5.78 Å². The molecule has 0 aliphatic rings. The van der Waals surface area contributed by atoms with Crippen LogP contribution in [0.5, 0.6) is 0 Å². The van der Waals surface area contributed by atoms with E-state index in [-0.39, 0.29) is 11.6 Å². The minimum atomic E-state index is -0.823. The van der Waals surface area contributed by atoms with Crippen molar-refractivity contribution in [1.29, 1.82) is 0 Å². The van der Waals surface area contributed by atoms with E-state index in [4.69, 9.17) is 11.6 Å². The van der Waals surface area contributed by atoms with Crippen LogP contribution in [0.25, 0.3) is 10.8 Å². The van der Waals surface area contributed by atoms with Crippen molar-refractivity contribution in [1.82, 2.24) is 0 Å². The number of benzene rings is 3. The van der Waals surface area contributed by atoms with Gasteiger partial charge in [0.1, 0.15) is 11.2 Å². The monoisotopic (exact) mass is 298 g/mol. The second-order valence-electron chi connectivity index (χ2n) is 4.81. The number of alkyl halides is 1. The summed E-state index contributed by atoms with van der Waals surface area (Å²) in [5.74, 6) is -0.527. The molecule has 0 aliphatic carbocycles. The largest absolute Gasteiger partial charge is 0.292 e. The Balaban J connectivity index is 2.02. The fourth-order valence-corrected chi connectivity index (χ4v) is 2.62. The molecule has 0 fully saturated rings. The van der Waals surface area contributed by atoms with Gasteiger partial charge < -0.3 is 0 Å². The molecule has 0 aromatic heterocycles. The zero-order valence-corrected chi connectivity index (χ0v) is 11.8. The van der Waals surface area contributed by atoms with E-state index < -0.39 is 5.38 Å². The molecular formula is C18H12ClFO. The van der Waals surface area contributed by atoms with Gasteiger partial charge in [-0.1, -0.05) is 54.6 Å². The number of hydrogen-bond donors (Lipinski definition) is 0. The lowest BCUT2D eigenvalue weighted by molar-refractivity contribution is 0.0988. The average molecular weight is 299 g/mol. The number of Topliss-reactive ketones (excluding diaryl/α,β-unsaturated/α-hetero) is 1. The van der Waals surface area contributed by atoms with Gasteiger partial charge in [-0.15, -0.1) is 11.6 Å². The van der Waals surface area contributed by atoms with Crippen molar-refractivity contribution in [2.75, 3.05) is 0 Å². The summed E-state index contributed by atoms with van der Waals surface area (Å²) in [7, 11) is 0. The summed E-state index contributed by atoms with van der Waals surface area (Å²) >= 11 is 6.27. The van der Waals surface area contributed by atoms with Gasteiger partial charge in [-0.25, -0.2) is 4.39 Å². The summed E-state index contributed by atoms with van der Waals surface area (Å²) in [5, 5.41) is 1.04. The Kier molecular flexibility index (Phi) is 3.72. The maximum Gasteiger partial charge on any atom is 0.185 e. The molecule has 0 aliphatic heterocycles. The van der Waals surface area contributed by atoms with Crippen molar-refractivity contribution in [3.63, 3.8) is 0 Å². The summed E-state index contributed by atoms with van der Waals surface area (Å²) < 4.78 is 13.0. The van der Waals surface area contributed by atoms with Crippen LogP contribution in [0, 0.1) is 5.82 Å². The fraction of sp³-hybridized carbons (Fsp3) is 0.0556. The summed E-state index contributed by atoms with van der Waals surface area (Å²) in [6.45, 7) is 0. The molecule has 0 heterocycles. The molecule has 3 aromatic rings. The third-order valence-corrected chi connectivity index (χ3v) is 3.90. The number of carbonyl (C=O) groups excluding carboxylic acids is 1. The first kappa shape index (κ1) is 13.8. The Labute approximate surface area is 127 Å². The minimum absolute atomic E-state index is 0.180. The lowest BCUT2D eigenvalue weighted by Crippen LogP contribution is -2.08. The smallest absolute Gasteiger partial charge is 0.185 e. The van der Waals surface area contributed by atoms with Crippen LogP contribution in [-0.4, -0.2) is 5.78 Å². The van der Waals surface area contributed by atoms with E-state index in [0.29, 0.717) is 11.1 Å². The summed E-state index contributed by atoms with van der Waals surface area (Å²) in [5.41, 5.74) is 1.17. The van der Waals surface area contributed by atoms with E-state index in [0.717, 1.165) is 10.8 Å². The van der Waals surface area contributed by atoms with Gasteiger partial charge >= 0.3 is 0 Å². The summed E-state index contributed by atoms with van der Waals surface area (Å²) in [6, 6.07) is 18.9. The van der Waals surface area contributed by atoms with Crippen LogP contribution >= 0.6 is 11.6 Å². The molecular weight excluding hydrogens is 287 g/mol. The zero-order valence-electron chi connectivity index (χ0n) is 11.1. The lowest BCUT2D eigenvalue weighted by atomic mass is 9.97. The van der Waals surface area contributed by atoms with Gasteiger partial charge in [0.05, 0.1) is 0 Å². The van der Waals surface area contributed by atoms with Crippen LogP contribution in [0.3, 0.4) is 0 Å². The standard InChI is InChI=1S/C18H12ClFO/c19-17(13-8-10-14(20)11-9-13)18(21)16-7-3-5-12-4-1-2-6-15(12)16/h1-11,17H. The van der Waals surface area contributed by atoms with Crippen LogP contribution in [0.1, 0.15) is 21.3 Å². The Morgan fingerprint density at radius 1 is 0.905 bits per heavy atom. The van der Waals surface area contributed by atoms with Crippen LogP contribution < -0.4 is 0 Å². The molecule has 0 radical (unpaired) electrons. The molecule has 21 heavy (non-hydrogen) atoms. The normalized spacial score (nSPS) is 12.3. The third-order valence-electron chi connectivity index (χ3n) is 3.45. The van der Waals surface area contributed by atoms with Crippen molar-refractivity contribution in [3.8, 4) is 0 Å². The van der Waals surface area contributed by atoms with Gasteiger partial charge in [0, 0.05) is 5.56 Å². The highest BCUT2D eigenvalue weighted by atomic mass is 35.5. The van der Waals surface area contributed by atoms with Gasteiger partial charge in [0.2, 0.25) is 0 Å². The molecule has 1 unspecified atom stereocenters. The predicted molar refractivity (Wildman–Crippen MR) is 83.3 cm³/mol.